The molecule has 0 atom stereocenters. The number of para-hydroxylation sites is 1. The number of pyridine rings is 1. The average Bonchev–Trinajstić information content (AvgIpc) is 3.13. The Morgan fingerprint density at radius 2 is 2.04 bits per heavy atom. The first kappa shape index (κ1) is 17.1. The van der Waals surface area contributed by atoms with Crippen LogP contribution >= 0.6 is 11.6 Å². The number of amides is 1. The molecule has 4 aromatic rings. The molecule has 4 rings (SSSR count). The summed E-state index contributed by atoms with van der Waals surface area (Å²) in [7, 11) is 1.52. The second kappa shape index (κ2) is 7.09. The van der Waals surface area contributed by atoms with Gasteiger partial charge in [-0.3, -0.25) is 9.78 Å². The van der Waals surface area contributed by atoms with Crippen molar-refractivity contribution in [1.29, 1.82) is 0 Å². The van der Waals surface area contributed by atoms with E-state index in [4.69, 9.17) is 20.8 Å². The van der Waals surface area contributed by atoms with Crippen molar-refractivity contribution in [2.45, 2.75) is 0 Å². The van der Waals surface area contributed by atoms with Crippen molar-refractivity contribution in [2.24, 2.45) is 0 Å². The number of carbonyl (C=O) groups excluding carboxylic acids is 1. The Morgan fingerprint density at radius 1 is 1.19 bits per heavy atom. The summed E-state index contributed by atoms with van der Waals surface area (Å²) < 4.78 is 11.0. The Balaban J connectivity index is 1.67. The van der Waals surface area contributed by atoms with Crippen LogP contribution in [0.2, 0.25) is 5.02 Å². The maximum absolute atomic E-state index is 12.6. The van der Waals surface area contributed by atoms with E-state index >= 15 is 0 Å². The van der Waals surface area contributed by atoms with E-state index in [0.717, 1.165) is 0 Å². The maximum Gasteiger partial charge on any atom is 0.259 e. The fourth-order valence-electron chi connectivity index (χ4n) is 2.69. The highest BCUT2D eigenvalue weighted by Gasteiger charge is 2.15. The minimum Gasteiger partial charge on any atom is -0.496 e. The first-order valence-electron chi connectivity index (χ1n) is 8.10. The quantitative estimate of drug-likeness (QED) is 0.551. The maximum atomic E-state index is 12.6. The van der Waals surface area contributed by atoms with Crippen LogP contribution in [0.15, 0.2) is 65.3 Å². The SMILES string of the molecule is COc1ccccc1C(=O)Nc1ccc(Cl)c(-c2nc3cnccc3o2)c1. The summed E-state index contributed by atoms with van der Waals surface area (Å²) in [6.45, 7) is 0. The minimum atomic E-state index is -0.289. The molecule has 1 N–H and O–H groups in total. The fraction of sp³-hybridized carbons (Fsp3) is 0.0500. The lowest BCUT2D eigenvalue weighted by Crippen LogP contribution is -2.13. The van der Waals surface area contributed by atoms with E-state index < -0.39 is 0 Å². The number of halogens is 1. The largest absolute Gasteiger partial charge is 0.496 e. The van der Waals surface area contributed by atoms with E-state index in [1.54, 1.807) is 60.9 Å². The van der Waals surface area contributed by atoms with Crippen LogP contribution in [0.1, 0.15) is 10.4 Å². The molecule has 2 aromatic carbocycles. The van der Waals surface area contributed by atoms with Gasteiger partial charge in [-0.25, -0.2) is 4.98 Å². The van der Waals surface area contributed by atoms with Gasteiger partial charge in [0.1, 0.15) is 11.3 Å². The van der Waals surface area contributed by atoms with Gasteiger partial charge in [0.2, 0.25) is 5.89 Å². The highest BCUT2D eigenvalue weighted by Crippen LogP contribution is 2.32. The van der Waals surface area contributed by atoms with Gasteiger partial charge in [-0.1, -0.05) is 23.7 Å². The molecule has 0 saturated carbocycles. The van der Waals surface area contributed by atoms with Gasteiger partial charge in [-0.05, 0) is 30.3 Å². The molecule has 0 radical (unpaired) electrons. The number of fused-ring (bicyclic) bond motifs is 1. The van der Waals surface area contributed by atoms with Crippen LogP contribution in [-0.4, -0.2) is 23.0 Å². The smallest absolute Gasteiger partial charge is 0.259 e. The van der Waals surface area contributed by atoms with Crippen molar-refractivity contribution in [2.75, 3.05) is 12.4 Å². The van der Waals surface area contributed by atoms with E-state index in [1.807, 2.05) is 0 Å². The zero-order valence-corrected chi connectivity index (χ0v) is 15.0. The number of nitrogens with zero attached hydrogens (tertiary/aromatic N) is 2. The van der Waals surface area contributed by atoms with Crippen LogP contribution < -0.4 is 10.1 Å². The summed E-state index contributed by atoms with van der Waals surface area (Å²) in [4.78, 5) is 21.0. The molecule has 2 aromatic heterocycles. The summed E-state index contributed by atoms with van der Waals surface area (Å²) in [5, 5.41) is 3.31. The molecular weight excluding hydrogens is 366 g/mol. The third kappa shape index (κ3) is 3.35. The molecule has 0 fully saturated rings. The number of benzene rings is 2. The highest BCUT2D eigenvalue weighted by molar-refractivity contribution is 6.33. The van der Waals surface area contributed by atoms with Crippen LogP contribution in [-0.2, 0) is 0 Å². The van der Waals surface area contributed by atoms with Crippen molar-refractivity contribution >= 4 is 34.3 Å². The molecule has 27 heavy (non-hydrogen) atoms. The van der Waals surface area contributed by atoms with E-state index in [1.165, 1.54) is 7.11 Å². The lowest BCUT2D eigenvalue weighted by Gasteiger charge is -2.10. The number of rotatable bonds is 4. The van der Waals surface area contributed by atoms with Crippen molar-refractivity contribution in [3.63, 3.8) is 0 Å². The lowest BCUT2D eigenvalue weighted by molar-refractivity contribution is 0.102. The Labute approximate surface area is 159 Å². The van der Waals surface area contributed by atoms with Crippen LogP contribution in [0.25, 0.3) is 22.6 Å². The molecule has 2 heterocycles. The first-order valence-corrected chi connectivity index (χ1v) is 8.48. The monoisotopic (exact) mass is 379 g/mol. The molecule has 0 bridgehead atoms. The number of nitrogens with one attached hydrogen (secondary N) is 1. The summed E-state index contributed by atoms with van der Waals surface area (Å²) in [5.41, 5.74) is 2.81. The number of hydrogen-bond donors (Lipinski definition) is 1. The van der Waals surface area contributed by atoms with Crippen molar-refractivity contribution in [3.8, 4) is 17.2 Å². The standard InChI is InChI=1S/C20H14ClN3O3/c1-26-17-5-3-2-4-13(17)19(25)23-12-6-7-15(21)14(10-12)20-24-16-11-22-9-8-18(16)27-20/h2-11H,1H3,(H,23,25). The van der Waals surface area contributed by atoms with Gasteiger partial charge in [0.05, 0.1) is 29.5 Å². The summed E-state index contributed by atoms with van der Waals surface area (Å²) in [6.07, 6.45) is 3.24. The Kier molecular flexibility index (Phi) is 4.48. The molecule has 6 nitrogen and oxygen atoms in total. The molecule has 0 aliphatic carbocycles. The van der Waals surface area contributed by atoms with Crippen molar-refractivity contribution in [1.82, 2.24) is 9.97 Å². The Hall–Kier alpha value is -3.38. The van der Waals surface area contributed by atoms with Gasteiger partial charge in [0, 0.05) is 18.0 Å². The molecule has 0 unspecified atom stereocenters. The number of aromatic nitrogens is 2. The lowest BCUT2D eigenvalue weighted by atomic mass is 10.1. The van der Waals surface area contributed by atoms with Gasteiger partial charge in [-0.2, -0.15) is 0 Å². The molecular formula is C20H14ClN3O3. The molecule has 7 heteroatoms. The van der Waals surface area contributed by atoms with Gasteiger partial charge in [-0.15, -0.1) is 0 Å². The number of hydrogen-bond acceptors (Lipinski definition) is 5. The van der Waals surface area contributed by atoms with Gasteiger partial charge in [0.15, 0.2) is 5.58 Å². The average molecular weight is 380 g/mol. The predicted molar refractivity (Wildman–Crippen MR) is 103 cm³/mol. The number of methoxy groups -OCH3 is 1. The van der Waals surface area contributed by atoms with Crippen molar-refractivity contribution in [3.05, 3.63) is 71.5 Å². The van der Waals surface area contributed by atoms with Gasteiger partial charge < -0.3 is 14.5 Å². The zero-order chi connectivity index (χ0) is 18.8. The van der Waals surface area contributed by atoms with E-state index in [0.29, 0.717) is 44.6 Å². The Bertz CT molecular complexity index is 1110. The normalized spacial score (nSPS) is 10.7. The summed E-state index contributed by atoms with van der Waals surface area (Å²) in [5.74, 6) is 0.564. The zero-order valence-electron chi connectivity index (χ0n) is 14.3. The first-order chi connectivity index (χ1) is 13.2. The highest BCUT2D eigenvalue weighted by atomic mass is 35.5. The second-order valence-corrected chi connectivity index (χ2v) is 6.12. The summed E-state index contributed by atoms with van der Waals surface area (Å²) >= 11 is 6.31. The van der Waals surface area contributed by atoms with Crippen molar-refractivity contribution < 1.29 is 13.9 Å². The molecule has 1 amide bonds. The summed E-state index contributed by atoms with van der Waals surface area (Å²) in [6, 6.07) is 13.8. The third-order valence-electron chi connectivity index (χ3n) is 4.00. The van der Waals surface area contributed by atoms with Gasteiger partial charge in [0.25, 0.3) is 5.91 Å². The van der Waals surface area contributed by atoms with Gasteiger partial charge >= 0.3 is 0 Å². The van der Waals surface area contributed by atoms with Crippen LogP contribution in [0.4, 0.5) is 5.69 Å². The van der Waals surface area contributed by atoms with Crippen LogP contribution in [0.5, 0.6) is 5.75 Å². The molecule has 0 spiro atoms. The van der Waals surface area contributed by atoms with E-state index in [9.17, 15) is 4.79 Å². The van der Waals surface area contributed by atoms with E-state index in [2.05, 4.69) is 15.3 Å². The number of oxazole rings is 1. The second-order valence-electron chi connectivity index (χ2n) is 5.71. The minimum absolute atomic E-state index is 0.289. The predicted octanol–water partition coefficient (Wildman–Crippen LogP) is 4.80. The van der Waals surface area contributed by atoms with Crippen LogP contribution in [0.3, 0.4) is 0 Å². The topological polar surface area (TPSA) is 77.2 Å². The molecule has 0 saturated heterocycles. The molecule has 0 aliphatic rings. The van der Waals surface area contributed by atoms with E-state index in [-0.39, 0.29) is 5.91 Å². The van der Waals surface area contributed by atoms with Crippen LogP contribution in [0, 0.1) is 0 Å². The molecule has 0 aliphatic heterocycles. The Morgan fingerprint density at radius 3 is 2.85 bits per heavy atom. The number of carbonyl (C=O) groups is 1. The fourth-order valence-corrected chi connectivity index (χ4v) is 2.89. The number of ether oxygens (including phenoxy) is 1. The third-order valence-corrected chi connectivity index (χ3v) is 4.33. The molecule has 134 valence electrons. The number of anilines is 1.